The molecule has 6 nitrogen and oxygen atoms in total. The summed E-state index contributed by atoms with van der Waals surface area (Å²) in [6.07, 6.45) is 2.80. The molecule has 21 heavy (non-hydrogen) atoms. The average molecular weight is 291 g/mol. The summed E-state index contributed by atoms with van der Waals surface area (Å²) < 4.78 is 0. The fourth-order valence-corrected chi connectivity index (χ4v) is 2.15. The monoisotopic (exact) mass is 291 g/mol. The van der Waals surface area contributed by atoms with Gasteiger partial charge in [-0.05, 0) is 33.6 Å². The Hall–Kier alpha value is -1.85. The van der Waals surface area contributed by atoms with E-state index in [0.29, 0.717) is 25.4 Å². The number of carbonyl (C=O) groups is 1. The molecule has 1 aromatic rings. The van der Waals surface area contributed by atoms with Gasteiger partial charge in [0.05, 0.1) is 0 Å². The van der Waals surface area contributed by atoms with Crippen LogP contribution in [0.25, 0.3) is 0 Å². The Morgan fingerprint density at radius 1 is 1.14 bits per heavy atom. The van der Waals surface area contributed by atoms with Crippen molar-refractivity contribution in [2.24, 2.45) is 0 Å². The topological polar surface area (TPSA) is 78.9 Å². The first-order valence-corrected chi connectivity index (χ1v) is 7.78. The number of hydrogen-bond acceptors (Lipinski definition) is 5. The first-order valence-electron chi connectivity index (χ1n) is 7.78. The van der Waals surface area contributed by atoms with Crippen LogP contribution in [-0.2, 0) is 4.79 Å². The van der Waals surface area contributed by atoms with E-state index in [1.165, 1.54) is 12.8 Å². The van der Waals surface area contributed by atoms with Crippen LogP contribution < -0.4 is 16.0 Å². The molecule has 2 rings (SSSR count). The molecular formula is C15H25N5O. The quantitative estimate of drug-likeness (QED) is 0.683. The van der Waals surface area contributed by atoms with E-state index >= 15 is 0 Å². The number of aromatic nitrogens is 2. The van der Waals surface area contributed by atoms with Crippen molar-refractivity contribution in [2.75, 3.05) is 30.3 Å². The van der Waals surface area contributed by atoms with Gasteiger partial charge in [-0.3, -0.25) is 4.79 Å². The second kappa shape index (κ2) is 7.24. The minimum atomic E-state index is 0.0611. The predicted molar refractivity (Wildman–Crippen MR) is 84.7 cm³/mol. The highest BCUT2D eigenvalue weighted by Crippen LogP contribution is 2.39. The molecule has 0 bridgehead atoms. The summed E-state index contributed by atoms with van der Waals surface area (Å²) in [5, 5.41) is 9.35. The van der Waals surface area contributed by atoms with E-state index in [1.54, 1.807) is 0 Å². The first kappa shape index (κ1) is 15.5. The van der Waals surface area contributed by atoms with Crippen molar-refractivity contribution in [1.29, 1.82) is 0 Å². The molecule has 0 radical (unpaired) electrons. The maximum atomic E-state index is 11.5. The Morgan fingerprint density at radius 2 is 1.81 bits per heavy atom. The van der Waals surface area contributed by atoms with Crippen molar-refractivity contribution in [2.45, 2.75) is 46.0 Å². The minimum Gasteiger partial charge on any atom is -0.370 e. The zero-order chi connectivity index (χ0) is 15.2. The molecule has 3 N–H and O–H groups in total. The fourth-order valence-electron chi connectivity index (χ4n) is 2.15. The Bertz CT molecular complexity index is 499. The van der Waals surface area contributed by atoms with Gasteiger partial charge in [0.25, 0.3) is 0 Å². The van der Waals surface area contributed by atoms with Crippen LogP contribution in [0, 0.1) is 6.92 Å². The van der Waals surface area contributed by atoms with Gasteiger partial charge >= 0.3 is 0 Å². The van der Waals surface area contributed by atoms with E-state index in [2.05, 4.69) is 32.8 Å². The lowest BCUT2D eigenvalue weighted by Gasteiger charge is -2.14. The summed E-state index contributed by atoms with van der Waals surface area (Å²) in [5.41, 5.74) is 1.01. The van der Waals surface area contributed by atoms with Gasteiger partial charge in [-0.25, -0.2) is 9.97 Å². The number of nitrogens with zero attached hydrogens (tertiary/aromatic N) is 2. The number of nitrogens with one attached hydrogen (secondary N) is 3. The van der Waals surface area contributed by atoms with Crippen LogP contribution in [-0.4, -0.2) is 35.5 Å². The summed E-state index contributed by atoms with van der Waals surface area (Å²) in [6.45, 7) is 8.07. The zero-order valence-corrected chi connectivity index (χ0v) is 13.1. The largest absolute Gasteiger partial charge is 0.370 e. The zero-order valence-electron chi connectivity index (χ0n) is 13.1. The molecule has 0 spiro atoms. The van der Waals surface area contributed by atoms with Crippen molar-refractivity contribution >= 4 is 17.5 Å². The van der Waals surface area contributed by atoms with Crippen LogP contribution in [0.15, 0.2) is 0 Å². The molecule has 0 aromatic carbocycles. The lowest BCUT2D eigenvalue weighted by molar-refractivity contribution is -0.120. The third-order valence-corrected chi connectivity index (χ3v) is 3.47. The Labute approximate surface area is 126 Å². The van der Waals surface area contributed by atoms with E-state index in [-0.39, 0.29) is 5.91 Å². The molecule has 0 unspecified atom stereocenters. The Kier molecular flexibility index (Phi) is 5.36. The molecular weight excluding hydrogens is 266 g/mol. The molecule has 1 aliphatic rings. The van der Waals surface area contributed by atoms with E-state index < -0.39 is 0 Å². The fraction of sp³-hybridized carbons (Fsp3) is 0.667. The van der Waals surface area contributed by atoms with E-state index in [0.717, 1.165) is 29.6 Å². The molecule has 1 amide bonds. The Balaban J connectivity index is 2.04. The lowest BCUT2D eigenvalue weighted by Crippen LogP contribution is -2.25. The highest BCUT2D eigenvalue weighted by atomic mass is 16.1. The van der Waals surface area contributed by atoms with Gasteiger partial charge in [0.15, 0.2) is 0 Å². The van der Waals surface area contributed by atoms with Crippen LogP contribution in [0.3, 0.4) is 0 Å². The maximum Gasteiger partial charge on any atom is 0.221 e. The van der Waals surface area contributed by atoms with Crippen LogP contribution >= 0.6 is 0 Å². The SMILES string of the molecule is CCNC(=O)CCNc1nc(C2CC2)nc(NCC)c1C. The number of amides is 1. The average Bonchev–Trinajstić information content (AvgIpc) is 3.27. The van der Waals surface area contributed by atoms with Crippen molar-refractivity contribution < 1.29 is 4.79 Å². The molecule has 1 heterocycles. The van der Waals surface area contributed by atoms with Crippen LogP contribution in [0.5, 0.6) is 0 Å². The number of hydrogen-bond donors (Lipinski definition) is 3. The number of rotatable bonds is 8. The van der Waals surface area contributed by atoms with Gasteiger partial charge in [0.1, 0.15) is 17.5 Å². The summed E-state index contributed by atoms with van der Waals surface area (Å²) in [5.74, 6) is 3.22. The van der Waals surface area contributed by atoms with Crippen molar-refractivity contribution in [3.8, 4) is 0 Å². The first-order chi connectivity index (χ1) is 10.2. The summed E-state index contributed by atoms with van der Waals surface area (Å²) in [7, 11) is 0. The second-order valence-electron chi connectivity index (χ2n) is 5.34. The molecule has 116 valence electrons. The summed E-state index contributed by atoms with van der Waals surface area (Å²) in [4.78, 5) is 20.7. The normalized spacial score (nSPS) is 13.9. The van der Waals surface area contributed by atoms with Crippen molar-refractivity contribution in [3.05, 3.63) is 11.4 Å². The number of anilines is 2. The number of carbonyl (C=O) groups excluding carboxylic acids is 1. The molecule has 0 atom stereocenters. The van der Waals surface area contributed by atoms with Gasteiger partial charge in [0.2, 0.25) is 5.91 Å². The van der Waals surface area contributed by atoms with Crippen molar-refractivity contribution in [1.82, 2.24) is 15.3 Å². The minimum absolute atomic E-state index is 0.0611. The van der Waals surface area contributed by atoms with Gasteiger partial charge in [-0.2, -0.15) is 0 Å². The maximum absolute atomic E-state index is 11.5. The highest BCUT2D eigenvalue weighted by Gasteiger charge is 2.28. The van der Waals surface area contributed by atoms with E-state index in [1.807, 2.05) is 13.8 Å². The van der Waals surface area contributed by atoms with Crippen molar-refractivity contribution in [3.63, 3.8) is 0 Å². The summed E-state index contributed by atoms with van der Waals surface area (Å²) in [6, 6.07) is 0. The second-order valence-corrected chi connectivity index (χ2v) is 5.34. The third-order valence-electron chi connectivity index (χ3n) is 3.47. The van der Waals surface area contributed by atoms with Gasteiger partial charge in [0, 0.05) is 37.5 Å². The molecule has 0 saturated heterocycles. The smallest absolute Gasteiger partial charge is 0.221 e. The van der Waals surface area contributed by atoms with E-state index in [9.17, 15) is 4.79 Å². The molecule has 0 aliphatic heterocycles. The standard InChI is InChI=1S/C15H25N5O/c1-4-16-12(21)8-9-18-14-10(3)13(17-5-2)19-15(20-14)11-6-7-11/h11H,4-9H2,1-3H3,(H,16,21)(H2,17,18,19,20). The molecule has 1 fully saturated rings. The Morgan fingerprint density at radius 3 is 2.38 bits per heavy atom. The van der Waals surface area contributed by atoms with Gasteiger partial charge in [-0.15, -0.1) is 0 Å². The highest BCUT2D eigenvalue weighted by molar-refractivity contribution is 5.76. The predicted octanol–water partition coefficient (Wildman–Crippen LogP) is 2.03. The molecule has 1 aliphatic carbocycles. The van der Waals surface area contributed by atoms with E-state index in [4.69, 9.17) is 0 Å². The van der Waals surface area contributed by atoms with Crippen LogP contribution in [0.2, 0.25) is 0 Å². The molecule has 6 heteroatoms. The van der Waals surface area contributed by atoms with Crippen LogP contribution in [0.1, 0.15) is 50.4 Å². The summed E-state index contributed by atoms with van der Waals surface area (Å²) >= 11 is 0. The molecule has 1 aromatic heterocycles. The third kappa shape index (κ3) is 4.31. The van der Waals surface area contributed by atoms with Gasteiger partial charge < -0.3 is 16.0 Å². The lowest BCUT2D eigenvalue weighted by atomic mass is 10.2. The molecule has 1 saturated carbocycles. The van der Waals surface area contributed by atoms with Gasteiger partial charge in [-0.1, -0.05) is 0 Å². The van der Waals surface area contributed by atoms with Crippen LogP contribution in [0.4, 0.5) is 11.6 Å².